The van der Waals surface area contributed by atoms with Gasteiger partial charge in [0.2, 0.25) is 0 Å². The lowest BCUT2D eigenvalue weighted by atomic mass is 9.50. The minimum atomic E-state index is -1.17. The van der Waals surface area contributed by atoms with Crippen LogP contribution < -0.4 is 0 Å². The summed E-state index contributed by atoms with van der Waals surface area (Å²) in [5, 5.41) is 0. The number of carbonyl (C=O) groups is 2. The monoisotopic (exact) mass is 332 g/mol. The Morgan fingerprint density at radius 3 is 2.54 bits per heavy atom. The molecule has 132 valence electrons. The zero-order valence-corrected chi connectivity index (χ0v) is 15.6. The molecule has 1 saturated heterocycles. The van der Waals surface area contributed by atoms with Crippen molar-refractivity contribution in [1.82, 2.24) is 0 Å². The molecular formula is C20H28O4. The first-order chi connectivity index (χ1) is 11.1. The number of hydrogen-bond donors (Lipinski definition) is 0. The smallest absolute Gasteiger partial charge is 0.319 e. The molecule has 0 aromatic carbocycles. The molecular weight excluding hydrogens is 304 g/mol. The van der Waals surface area contributed by atoms with E-state index in [2.05, 4.69) is 33.4 Å². The molecule has 0 aromatic heterocycles. The van der Waals surface area contributed by atoms with Crippen LogP contribution in [0.15, 0.2) is 23.8 Å². The van der Waals surface area contributed by atoms with Crippen molar-refractivity contribution >= 4 is 11.8 Å². The zero-order chi connectivity index (χ0) is 18.1. The van der Waals surface area contributed by atoms with Gasteiger partial charge in [0, 0.05) is 23.2 Å². The van der Waals surface area contributed by atoms with Crippen molar-refractivity contribution in [2.45, 2.75) is 59.7 Å². The van der Waals surface area contributed by atoms with E-state index < -0.39 is 11.4 Å². The predicted octanol–water partition coefficient (Wildman–Crippen LogP) is 3.46. The minimum Gasteiger partial charge on any atom is -0.468 e. The van der Waals surface area contributed by atoms with E-state index in [9.17, 15) is 9.59 Å². The maximum absolute atomic E-state index is 12.9. The van der Waals surface area contributed by atoms with Gasteiger partial charge >= 0.3 is 5.97 Å². The van der Waals surface area contributed by atoms with Gasteiger partial charge in [-0.2, -0.15) is 0 Å². The third-order valence-electron chi connectivity index (χ3n) is 7.39. The number of methoxy groups -OCH3 is 1. The van der Waals surface area contributed by atoms with E-state index in [1.807, 2.05) is 6.92 Å². The lowest BCUT2D eigenvalue weighted by Crippen LogP contribution is -2.59. The van der Waals surface area contributed by atoms with Crippen molar-refractivity contribution in [3.05, 3.63) is 23.8 Å². The number of hydrogen-bond acceptors (Lipinski definition) is 4. The van der Waals surface area contributed by atoms with E-state index in [0.29, 0.717) is 0 Å². The van der Waals surface area contributed by atoms with E-state index >= 15 is 0 Å². The highest BCUT2D eigenvalue weighted by Gasteiger charge is 2.76. The highest BCUT2D eigenvalue weighted by atomic mass is 16.5. The Balaban J connectivity index is 2.21. The minimum absolute atomic E-state index is 0.0490. The number of Topliss-reactive ketones (excluding diaryl/α,β-unsaturated/α-hetero) is 1. The first-order valence-electron chi connectivity index (χ1n) is 8.66. The molecule has 1 unspecified atom stereocenters. The molecule has 1 aliphatic heterocycles. The van der Waals surface area contributed by atoms with Crippen LogP contribution in [0.4, 0.5) is 0 Å². The number of esters is 1. The summed E-state index contributed by atoms with van der Waals surface area (Å²) in [6.45, 7) is 14.5. The molecule has 4 nitrogen and oxygen atoms in total. The van der Waals surface area contributed by atoms with Crippen molar-refractivity contribution in [2.24, 2.45) is 22.2 Å². The second-order valence-corrected chi connectivity index (χ2v) is 8.33. The molecule has 0 radical (unpaired) electrons. The van der Waals surface area contributed by atoms with Crippen LogP contribution in [0.3, 0.4) is 0 Å². The third-order valence-corrected chi connectivity index (χ3v) is 7.39. The fourth-order valence-corrected chi connectivity index (χ4v) is 5.92. The van der Waals surface area contributed by atoms with Crippen LogP contribution in [0.1, 0.15) is 47.5 Å². The number of allylic oxidation sites excluding steroid dienone is 2. The topological polar surface area (TPSA) is 52.6 Å². The lowest BCUT2D eigenvalue weighted by molar-refractivity contribution is -0.171. The molecule has 0 spiro atoms. The first kappa shape index (κ1) is 17.4. The van der Waals surface area contributed by atoms with Gasteiger partial charge in [0.05, 0.1) is 19.3 Å². The van der Waals surface area contributed by atoms with Crippen LogP contribution in [-0.2, 0) is 19.1 Å². The van der Waals surface area contributed by atoms with Gasteiger partial charge in [-0.25, -0.2) is 0 Å². The van der Waals surface area contributed by atoms with E-state index in [1.165, 1.54) is 12.7 Å². The SMILES string of the molecule is C=C1C[C@@]2(C)[C@H](/C(C)=C\C)OC3CC(=O)[C@@](C)(C(=O)OC)[C@@H]1[C@]32C. The molecule has 3 fully saturated rings. The van der Waals surface area contributed by atoms with Crippen molar-refractivity contribution in [1.29, 1.82) is 0 Å². The maximum atomic E-state index is 12.9. The fourth-order valence-electron chi connectivity index (χ4n) is 5.92. The van der Waals surface area contributed by atoms with Gasteiger partial charge in [0.25, 0.3) is 0 Å². The summed E-state index contributed by atoms with van der Waals surface area (Å²) in [7, 11) is 1.35. The average Bonchev–Trinajstić information content (AvgIpc) is 2.88. The number of ether oxygens (including phenoxy) is 2. The van der Waals surface area contributed by atoms with Crippen LogP contribution in [0, 0.1) is 22.2 Å². The van der Waals surface area contributed by atoms with E-state index in [1.54, 1.807) is 6.92 Å². The molecule has 3 rings (SSSR count). The van der Waals surface area contributed by atoms with Gasteiger partial charge in [0.15, 0.2) is 5.78 Å². The van der Waals surface area contributed by atoms with Crippen molar-refractivity contribution in [3.8, 4) is 0 Å². The summed E-state index contributed by atoms with van der Waals surface area (Å²) in [4.78, 5) is 25.6. The van der Waals surface area contributed by atoms with Crippen LogP contribution in [0.5, 0.6) is 0 Å². The van der Waals surface area contributed by atoms with Crippen molar-refractivity contribution in [2.75, 3.05) is 7.11 Å². The molecule has 6 atom stereocenters. The highest BCUT2D eigenvalue weighted by molar-refractivity contribution is 6.05. The van der Waals surface area contributed by atoms with Crippen LogP contribution in [-0.4, -0.2) is 31.1 Å². The van der Waals surface area contributed by atoms with Crippen molar-refractivity contribution < 1.29 is 19.1 Å². The maximum Gasteiger partial charge on any atom is 0.319 e. The molecule has 4 heteroatoms. The molecule has 0 amide bonds. The van der Waals surface area contributed by atoms with Gasteiger partial charge < -0.3 is 9.47 Å². The Morgan fingerprint density at radius 1 is 1.38 bits per heavy atom. The quantitative estimate of drug-likeness (QED) is 0.441. The second kappa shape index (κ2) is 5.04. The molecule has 24 heavy (non-hydrogen) atoms. The number of rotatable bonds is 2. The predicted molar refractivity (Wildman–Crippen MR) is 91.3 cm³/mol. The Morgan fingerprint density at radius 2 is 2.00 bits per heavy atom. The van der Waals surface area contributed by atoms with Crippen molar-refractivity contribution in [3.63, 3.8) is 0 Å². The molecule has 2 aliphatic carbocycles. The molecule has 1 heterocycles. The van der Waals surface area contributed by atoms with E-state index in [4.69, 9.17) is 9.47 Å². The third kappa shape index (κ3) is 1.68. The van der Waals surface area contributed by atoms with Crippen LogP contribution in [0.25, 0.3) is 0 Å². The number of ketones is 1. The Labute approximate surface area is 144 Å². The Bertz CT molecular complexity index is 663. The summed E-state index contributed by atoms with van der Waals surface area (Å²) >= 11 is 0. The second-order valence-electron chi connectivity index (χ2n) is 8.33. The fraction of sp³-hybridized carbons (Fsp3) is 0.700. The Hall–Kier alpha value is -1.42. The summed E-state index contributed by atoms with van der Waals surface area (Å²) in [6, 6.07) is 0. The lowest BCUT2D eigenvalue weighted by Gasteiger charge is -2.50. The van der Waals surface area contributed by atoms with Gasteiger partial charge in [-0.15, -0.1) is 0 Å². The molecule has 2 saturated carbocycles. The number of carbonyl (C=O) groups excluding carboxylic acids is 2. The molecule has 3 aliphatic rings. The zero-order valence-electron chi connectivity index (χ0n) is 15.6. The van der Waals surface area contributed by atoms with E-state index in [-0.39, 0.29) is 41.2 Å². The Kier molecular flexibility index (Phi) is 3.66. The molecule has 0 aromatic rings. The highest BCUT2D eigenvalue weighted by Crippen LogP contribution is 2.73. The van der Waals surface area contributed by atoms with Gasteiger partial charge in [0.1, 0.15) is 5.41 Å². The first-order valence-corrected chi connectivity index (χ1v) is 8.66. The standard InChI is InChI=1S/C20H28O4/c1-8-11(2)16-18(4)10-12(3)15-19(5,17(22)23-7)13(21)9-14(24-16)20(15,18)6/h8,14-16H,3,9-10H2,1-2,4-7H3/b11-8-/t14?,15-,16+,18+,19-,20+/m1/s1. The van der Waals surface area contributed by atoms with E-state index in [0.717, 1.165) is 12.0 Å². The largest absolute Gasteiger partial charge is 0.468 e. The normalized spacial score (nSPS) is 47.8. The summed E-state index contributed by atoms with van der Waals surface area (Å²) in [6.07, 6.45) is 2.87. The summed E-state index contributed by atoms with van der Waals surface area (Å²) in [5.74, 6) is -0.789. The van der Waals surface area contributed by atoms with Crippen LogP contribution >= 0.6 is 0 Å². The van der Waals surface area contributed by atoms with Gasteiger partial charge in [-0.05, 0) is 32.8 Å². The van der Waals surface area contributed by atoms with Gasteiger partial charge in [-0.1, -0.05) is 32.1 Å². The molecule has 0 bridgehead atoms. The van der Waals surface area contributed by atoms with Gasteiger partial charge in [-0.3, -0.25) is 9.59 Å². The van der Waals surface area contributed by atoms with Crippen LogP contribution in [0.2, 0.25) is 0 Å². The average molecular weight is 332 g/mol. The molecule has 0 N–H and O–H groups in total. The summed E-state index contributed by atoms with van der Waals surface area (Å²) in [5.41, 5.74) is 0.496. The summed E-state index contributed by atoms with van der Waals surface area (Å²) < 4.78 is 11.4.